The molecule has 0 saturated heterocycles. The fraction of sp³-hybridized carbons (Fsp3) is 0.385. The fourth-order valence-corrected chi connectivity index (χ4v) is 1.89. The van der Waals surface area contributed by atoms with Gasteiger partial charge in [0.05, 0.1) is 16.6 Å². The van der Waals surface area contributed by atoms with Gasteiger partial charge in [0.15, 0.2) is 5.82 Å². The second kappa shape index (κ2) is 6.19. The topological polar surface area (TPSA) is 89.9 Å². The maximum Gasteiger partial charge on any atom is 0.259 e. The van der Waals surface area contributed by atoms with Crippen molar-refractivity contribution in [2.45, 2.75) is 26.3 Å². The van der Waals surface area contributed by atoms with E-state index in [1.807, 2.05) is 20.0 Å². The molecule has 0 radical (unpaired) electrons. The average molecular weight is 310 g/mol. The molecule has 7 nitrogen and oxygen atoms in total. The van der Waals surface area contributed by atoms with Crippen molar-refractivity contribution in [1.82, 2.24) is 25.6 Å². The monoisotopic (exact) mass is 309 g/mol. The van der Waals surface area contributed by atoms with E-state index in [0.717, 1.165) is 16.6 Å². The first-order valence-electron chi connectivity index (χ1n) is 6.39. The molecule has 0 aliphatic rings. The van der Waals surface area contributed by atoms with Crippen LogP contribution >= 0.6 is 12.4 Å². The highest BCUT2D eigenvalue weighted by atomic mass is 35.5. The molecule has 112 valence electrons. The molecule has 0 aromatic carbocycles. The highest BCUT2D eigenvalue weighted by molar-refractivity contribution is 5.85. The average Bonchev–Trinajstić information content (AvgIpc) is 3.06. The molecule has 3 heterocycles. The highest BCUT2D eigenvalue weighted by Crippen LogP contribution is 2.23. The number of likely N-dealkylation sites (N-methyl/N-ethyl adjacent to an activating group) is 1. The summed E-state index contributed by atoms with van der Waals surface area (Å²) in [7, 11) is 1.90. The van der Waals surface area contributed by atoms with E-state index in [1.165, 1.54) is 0 Å². The lowest BCUT2D eigenvalue weighted by molar-refractivity contribution is 0.418. The molecule has 0 aliphatic heterocycles. The standard InChI is InChI=1S/C13H15N5O2.ClH/c1-7(14-3)4-11-16-12(19-18-11)9-5-10-8(2)17-20-13(10)15-6-9;/h5-7,14H,4H2,1-3H3;1H. The highest BCUT2D eigenvalue weighted by Gasteiger charge is 2.14. The van der Waals surface area contributed by atoms with Crippen LogP contribution in [0.1, 0.15) is 18.4 Å². The summed E-state index contributed by atoms with van der Waals surface area (Å²) in [5.41, 5.74) is 2.06. The number of fused-ring (bicyclic) bond motifs is 1. The van der Waals surface area contributed by atoms with E-state index in [9.17, 15) is 0 Å². The Morgan fingerprint density at radius 3 is 2.86 bits per heavy atom. The lowest BCUT2D eigenvalue weighted by Crippen LogP contribution is -2.24. The number of nitrogens with zero attached hydrogens (tertiary/aromatic N) is 4. The van der Waals surface area contributed by atoms with Crippen LogP contribution in [0, 0.1) is 6.92 Å². The summed E-state index contributed by atoms with van der Waals surface area (Å²) in [5.74, 6) is 1.13. The summed E-state index contributed by atoms with van der Waals surface area (Å²) in [4.78, 5) is 8.58. The number of halogens is 1. The Bertz CT molecular complexity index is 739. The SMILES string of the molecule is CNC(C)Cc1noc(-c2cnc3onc(C)c3c2)n1.Cl. The van der Waals surface area contributed by atoms with E-state index in [1.54, 1.807) is 6.20 Å². The lowest BCUT2D eigenvalue weighted by Gasteiger charge is -2.04. The van der Waals surface area contributed by atoms with E-state index in [-0.39, 0.29) is 12.4 Å². The van der Waals surface area contributed by atoms with E-state index in [0.29, 0.717) is 29.9 Å². The third kappa shape index (κ3) is 3.03. The van der Waals surface area contributed by atoms with Crippen LogP contribution < -0.4 is 5.32 Å². The minimum Gasteiger partial charge on any atom is -0.336 e. The van der Waals surface area contributed by atoms with Gasteiger partial charge in [-0.3, -0.25) is 0 Å². The van der Waals surface area contributed by atoms with Gasteiger partial charge < -0.3 is 14.4 Å². The van der Waals surface area contributed by atoms with Crippen molar-refractivity contribution in [1.29, 1.82) is 0 Å². The van der Waals surface area contributed by atoms with Crippen LogP contribution in [0.2, 0.25) is 0 Å². The molecular formula is C13H16ClN5O2. The van der Waals surface area contributed by atoms with Crippen LogP contribution in [0.5, 0.6) is 0 Å². The Morgan fingerprint density at radius 2 is 2.10 bits per heavy atom. The molecular weight excluding hydrogens is 294 g/mol. The van der Waals surface area contributed by atoms with Gasteiger partial charge in [0.1, 0.15) is 0 Å². The molecule has 0 spiro atoms. The summed E-state index contributed by atoms with van der Waals surface area (Å²) >= 11 is 0. The molecule has 0 bridgehead atoms. The Kier molecular flexibility index (Phi) is 4.54. The molecule has 3 aromatic rings. The van der Waals surface area contributed by atoms with Crippen LogP contribution in [0.25, 0.3) is 22.6 Å². The number of rotatable bonds is 4. The van der Waals surface area contributed by atoms with Crippen LogP contribution in [-0.2, 0) is 6.42 Å². The minimum atomic E-state index is 0. The second-order valence-corrected chi connectivity index (χ2v) is 4.75. The van der Waals surface area contributed by atoms with Crippen LogP contribution in [-0.4, -0.2) is 33.4 Å². The van der Waals surface area contributed by atoms with Gasteiger partial charge in [-0.25, -0.2) is 4.98 Å². The molecule has 3 aromatic heterocycles. The summed E-state index contributed by atoms with van der Waals surface area (Å²) < 4.78 is 10.4. The molecule has 0 amide bonds. The maximum atomic E-state index is 5.28. The first-order chi connectivity index (χ1) is 9.67. The predicted octanol–water partition coefficient (Wildman–Crippen LogP) is 2.15. The Labute approximate surface area is 127 Å². The van der Waals surface area contributed by atoms with Crippen molar-refractivity contribution >= 4 is 23.5 Å². The zero-order valence-corrected chi connectivity index (χ0v) is 12.8. The molecule has 0 saturated carbocycles. The third-order valence-corrected chi connectivity index (χ3v) is 3.21. The Hall–Kier alpha value is -1.99. The van der Waals surface area contributed by atoms with E-state index in [2.05, 4.69) is 32.5 Å². The van der Waals surface area contributed by atoms with Gasteiger partial charge in [-0.15, -0.1) is 12.4 Å². The number of pyridine rings is 1. The molecule has 1 N–H and O–H groups in total. The van der Waals surface area contributed by atoms with Crippen LogP contribution in [0.15, 0.2) is 21.3 Å². The fourth-order valence-electron chi connectivity index (χ4n) is 1.89. The first kappa shape index (κ1) is 15.4. The van der Waals surface area contributed by atoms with Gasteiger partial charge >= 0.3 is 0 Å². The van der Waals surface area contributed by atoms with Crippen molar-refractivity contribution in [3.05, 3.63) is 23.8 Å². The number of aromatic nitrogens is 4. The largest absolute Gasteiger partial charge is 0.336 e. The van der Waals surface area contributed by atoms with Crippen LogP contribution in [0.3, 0.4) is 0 Å². The van der Waals surface area contributed by atoms with Crippen molar-refractivity contribution in [3.8, 4) is 11.5 Å². The summed E-state index contributed by atoms with van der Waals surface area (Å²) in [6, 6.07) is 2.19. The predicted molar refractivity (Wildman–Crippen MR) is 79.3 cm³/mol. The number of nitrogens with one attached hydrogen (secondary N) is 1. The molecule has 1 atom stereocenters. The lowest BCUT2D eigenvalue weighted by atomic mass is 10.2. The van der Waals surface area contributed by atoms with Gasteiger partial charge in [-0.1, -0.05) is 10.3 Å². The normalized spacial score (nSPS) is 12.3. The maximum absolute atomic E-state index is 5.28. The Morgan fingerprint density at radius 1 is 1.29 bits per heavy atom. The molecule has 1 unspecified atom stereocenters. The molecule has 8 heteroatoms. The quantitative estimate of drug-likeness (QED) is 0.789. The van der Waals surface area contributed by atoms with Gasteiger partial charge in [0, 0.05) is 18.7 Å². The number of hydrogen-bond donors (Lipinski definition) is 1. The van der Waals surface area contributed by atoms with Gasteiger partial charge in [-0.05, 0) is 27.0 Å². The molecule has 21 heavy (non-hydrogen) atoms. The van der Waals surface area contributed by atoms with E-state index < -0.39 is 0 Å². The Balaban J connectivity index is 0.00000161. The van der Waals surface area contributed by atoms with Gasteiger partial charge in [0.2, 0.25) is 0 Å². The summed E-state index contributed by atoms with van der Waals surface area (Å²) in [5, 5.41) is 11.8. The van der Waals surface area contributed by atoms with Crippen molar-refractivity contribution < 1.29 is 9.05 Å². The molecule has 3 rings (SSSR count). The number of aryl methyl sites for hydroxylation is 1. The van der Waals surface area contributed by atoms with Crippen LogP contribution in [0.4, 0.5) is 0 Å². The smallest absolute Gasteiger partial charge is 0.259 e. The van der Waals surface area contributed by atoms with Crippen molar-refractivity contribution in [2.24, 2.45) is 0 Å². The second-order valence-electron chi connectivity index (χ2n) is 4.75. The summed E-state index contributed by atoms with van der Waals surface area (Å²) in [6.45, 7) is 3.93. The van der Waals surface area contributed by atoms with Gasteiger partial charge in [-0.2, -0.15) is 4.98 Å². The van der Waals surface area contributed by atoms with Crippen molar-refractivity contribution in [2.75, 3.05) is 7.05 Å². The van der Waals surface area contributed by atoms with E-state index in [4.69, 9.17) is 9.05 Å². The molecule has 0 aliphatic carbocycles. The molecule has 0 fully saturated rings. The number of hydrogen-bond acceptors (Lipinski definition) is 7. The van der Waals surface area contributed by atoms with Crippen molar-refractivity contribution in [3.63, 3.8) is 0 Å². The first-order valence-corrected chi connectivity index (χ1v) is 6.39. The minimum absolute atomic E-state index is 0. The third-order valence-electron chi connectivity index (χ3n) is 3.21. The zero-order valence-electron chi connectivity index (χ0n) is 12.0. The summed E-state index contributed by atoms with van der Waals surface area (Å²) in [6.07, 6.45) is 2.35. The van der Waals surface area contributed by atoms with Gasteiger partial charge in [0.25, 0.3) is 11.6 Å². The zero-order chi connectivity index (χ0) is 14.1. The van der Waals surface area contributed by atoms with E-state index >= 15 is 0 Å².